The molecule has 3 aromatic rings. The van der Waals surface area contributed by atoms with Crippen LogP contribution in [0, 0.1) is 10.7 Å². The molecule has 0 aliphatic heterocycles. The summed E-state index contributed by atoms with van der Waals surface area (Å²) in [4.78, 5) is 12.4. The summed E-state index contributed by atoms with van der Waals surface area (Å²) >= 11 is 2.01. The second-order valence-corrected chi connectivity index (χ2v) is 5.95. The summed E-state index contributed by atoms with van der Waals surface area (Å²) in [5, 5.41) is 2.96. The Kier molecular flexibility index (Phi) is 4.29. The number of rotatable bonds is 3. The van der Waals surface area contributed by atoms with Crippen molar-refractivity contribution in [2.75, 3.05) is 5.32 Å². The Hall–Kier alpha value is -2.08. The van der Waals surface area contributed by atoms with Gasteiger partial charge in [0.1, 0.15) is 0 Å². The van der Waals surface area contributed by atoms with Crippen molar-refractivity contribution in [1.82, 2.24) is 0 Å². The van der Waals surface area contributed by atoms with E-state index in [9.17, 15) is 4.79 Å². The molecule has 0 bridgehead atoms. The van der Waals surface area contributed by atoms with Gasteiger partial charge < -0.3 is 9.73 Å². The van der Waals surface area contributed by atoms with E-state index in [-0.39, 0.29) is 5.91 Å². The lowest BCUT2D eigenvalue weighted by Gasteiger charge is -2.11. The molecule has 3 rings (SSSR count). The maximum Gasteiger partial charge on any atom is 0.260 e. The second kappa shape index (κ2) is 6.36. The summed E-state index contributed by atoms with van der Waals surface area (Å²) in [6.45, 7) is 2.05. The van der Waals surface area contributed by atoms with Crippen LogP contribution in [-0.4, -0.2) is 5.91 Å². The van der Waals surface area contributed by atoms with Crippen LogP contribution >= 0.6 is 22.6 Å². The summed E-state index contributed by atoms with van der Waals surface area (Å²) < 4.78 is 5.76. The molecule has 110 valence electrons. The number of benzene rings is 2. The Bertz CT molecular complexity index is 806. The summed E-state index contributed by atoms with van der Waals surface area (Å²) in [7, 11) is 0. The zero-order valence-corrected chi connectivity index (χ0v) is 14.1. The molecule has 1 heterocycles. The van der Waals surface area contributed by atoms with Gasteiger partial charge in [0.2, 0.25) is 0 Å². The molecule has 0 aliphatic rings. The number of carbonyl (C=O) groups excluding carboxylic acids is 1. The van der Waals surface area contributed by atoms with E-state index in [4.69, 9.17) is 4.42 Å². The Morgan fingerprint density at radius 3 is 2.45 bits per heavy atom. The molecule has 22 heavy (non-hydrogen) atoms. The molecule has 2 aromatic carbocycles. The first kappa shape index (κ1) is 14.8. The lowest BCUT2D eigenvalue weighted by molar-refractivity contribution is 0.102. The van der Waals surface area contributed by atoms with Gasteiger partial charge in [0.25, 0.3) is 5.91 Å². The minimum atomic E-state index is -0.169. The predicted molar refractivity (Wildman–Crippen MR) is 96.0 cm³/mol. The normalized spacial score (nSPS) is 10.5. The average molecular weight is 403 g/mol. The molecule has 0 saturated heterocycles. The minimum Gasteiger partial charge on any atom is -0.458 e. The van der Waals surface area contributed by atoms with E-state index in [0.717, 1.165) is 16.8 Å². The first-order chi connectivity index (χ1) is 10.6. The van der Waals surface area contributed by atoms with E-state index in [1.54, 1.807) is 6.07 Å². The molecule has 0 spiro atoms. The van der Waals surface area contributed by atoms with E-state index >= 15 is 0 Å². The first-order valence-electron chi connectivity index (χ1n) is 6.85. The van der Waals surface area contributed by atoms with Crippen LogP contribution in [0.25, 0.3) is 11.1 Å². The smallest absolute Gasteiger partial charge is 0.260 e. The van der Waals surface area contributed by atoms with Gasteiger partial charge in [-0.3, -0.25) is 4.79 Å². The third-order valence-electron chi connectivity index (χ3n) is 3.40. The van der Waals surface area contributed by atoms with Crippen LogP contribution in [0.15, 0.2) is 65.3 Å². The fourth-order valence-corrected chi connectivity index (χ4v) is 2.79. The Balaban J connectivity index is 1.93. The summed E-state index contributed by atoms with van der Waals surface area (Å²) in [5.41, 5.74) is 4.60. The monoisotopic (exact) mass is 403 g/mol. The number of aryl methyl sites for hydroxylation is 1. The van der Waals surface area contributed by atoms with Gasteiger partial charge in [-0.25, -0.2) is 0 Å². The van der Waals surface area contributed by atoms with Crippen molar-refractivity contribution in [2.24, 2.45) is 0 Å². The topological polar surface area (TPSA) is 42.2 Å². The highest BCUT2D eigenvalue weighted by Gasteiger charge is 2.14. The molecule has 1 amide bonds. The van der Waals surface area contributed by atoms with Crippen LogP contribution in [0.1, 0.15) is 15.9 Å². The van der Waals surface area contributed by atoms with Crippen molar-refractivity contribution < 1.29 is 9.21 Å². The molecule has 3 nitrogen and oxygen atoms in total. The van der Waals surface area contributed by atoms with Gasteiger partial charge >= 0.3 is 0 Å². The van der Waals surface area contributed by atoms with Crippen molar-refractivity contribution in [2.45, 2.75) is 6.92 Å². The highest BCUT2D eigenvalue weighted by Crippen LogP contribution is 2.28. The van der Waals surface area contributed by atoms with E-state index in [1.807, 2.05) is 46.9 Å². The van der Waals surface area contributed by atoms with Crippen LogP contribution in [0.3, 0.4) is 0 Å². The van der Waals surface area contributed by atoms with Gasteiger partial charge in [0.05, 0.1) is 11.8 Å². The van der Waals surface area contributed by atoms with E-state index in [0.29, 0.717) is 9.33 Å². The number of halogens is 1. The maximum atomic E-state index is 12.4. The van der Waals surface area contributed by atoms with Gasteiger partial charge in [0.15, 0.2) is 3.77 Å². The van der Waals surface area contributed by atoms with Crippen molar-refractivity contribution in [3.05, 3.63) is 75.8 Å². The number of para-hydroxylation sites is 1. The zero-order valence-electron chi connectivity index (χ0n) is 12.0. The quantitative estimate of drug-likeness (QED) is 0.618. The number of anilines is 1. The maximum absolute atomic E-state index is 12.4. The van der Waals surface area contributed by atoms with Crippen molar-refractivity contribution in [3.63, 3.8) is 0 Å². The Morgan fingerprint density at radius 1 is 1.05 bits per heavy atom. The SMILES string of the molecule is Cc1ccc(-c2ccccc2NC(=O)c2ccoc2I)cc1. The van der Waals surface area contributed by atoms with Crippen molar-refractivity contribution in [1.29, 1.82) is 0 Å². The molecule has 0 fully saturated rings. The summed E-state index contributed by atoms with van der Waals surface area (Å²) in [6, 6.07) is 17.7. The molecule has 1 aromatic heterocycles. The lowest BCUT2D eigenvalue weighted by Crippen LogP contribution is -2.12. The predicted octanol–water partition coefficient (Wildman–Crippen LogP) is 5.11. The average Bonchev–Trinajstić information content (AvgIpc) is 2.95. The van der Waals surface area contributed by atoms with Crippen LogP contribution in [0.4, 0.5) is 5.69 Å². The van der Waals surface area contributed by atoms with Gasteiger partial charge in [-0.2, -0.15) is 0 Å². The summed E-state index contributed by atoms with van der Waals surface area (Å²) in [5.74, 6) is -0.169. The molecule has 0 unspecified atom stereocenters. The van der Waals surface area contributed by atoms with Crippen molar-refractivity contribution >= 4 is 34.2 Å². The lowest BCUT2D eigenvalue weighted by atomic mass is 10.0. The van der Waals surface area contributed by atoms with E-state index in [2.05, 4.69) is 36.5 Å². The van der Waals surface area contributed by atoms with Crippen molar-refractivity contribution in [3.8, 4) is 11.1 Å². The Morgan fingerprint density at radius 2 is 1.77 bits per heavy atom. The fourth-order valence-electron chi connectivity index (χ4n) is 2.22. The highest BCUT2D eigenvalue weighted by atomic mass is 127. The number of furan rings is 1. The molecule has 0 atom stereocenters. The molecule has 0 aliphatic carbocycles. The highest BCUT2D eigenvalue weighted by molar-refractivity contribution is 14.1. The van der Waals surface area contributed by atoms with Gasteiger partial charge in [-0.15, -0.1) is 0 Å². The second-order valence-electron chi connectivity index (χ2n) is 4.97. The van der Waals surface area contributed by atoms with Gasteiger partial charge in [0, 0.05) is 33.8 Å². The minimum absolute atomic E-state index is 0.169. The standard InChI is InChI=1S/C18H14INO2/c1-12-6-8-13(9-7-12)14-4-2-3-5-16(14)20-18(21)15-10-11-22-17(15)19/h2-11H,1H3,(H,20,21). The number of hydrogen-bond donors (Lipinski definition) is 1. The zero-order chi connectivity index (χ0) is 15.5. The summed E-state index contributed by atoms with van der Waals surface area (Å²) in [6.07, 6.45) is 1.52. The number of hydrogen-bond acceptors (Lipinski definition) is 2. The molecule has 0 radical (unpaired) electrons. The molecule has 1 N–H and O–H groups in total. The largest absolute Gasteiger partial charge is 0.458 e. The number of nitrogens with one attached hydrogen (secondary N) is 1. The van der Waals surface area contributed by atoms with Crippen LogP contribution in [0.5, 0.6) is 0 Å². The van der Waals surface area contributed by atoms with Crippen LogP contribution in [0.2, 0.25) is 0 Å². The third-order valence-corrected chi connectivity index (χ3v) is 4.24. The molecular weight excluding hydrogens is 389 g/mol. The third kappa shape index (κ3) is 3.06. The van der Waals surface area contributed by atoms with E-state index in [1.165, 1.54) is 11.8 Å². The van der Waals surface area contributed by atoms with Gasteiger partial charge in [-0.05, 0) is 24.6 Å². The Labute approximate surface area is 142 Å². The number of amides is 1. The number of carbonyl (C=O) groups is 1. The molecule has 4 heteroatoms. The van der Waals surface area contributed by atoms with Crippen LogP contribution < -0.4 is 5.32 Å². The first-order valence-corrected chi connectivity index (χ1v) is 7.93. The van der Waals surface area contributed by atoms with E-state index < -0.39 is 0 Å². The molecule has 0 saturated carbocycles. The van der Waals surface area contributed by atoms with Gasteiger partial charge in [-0.1, -0.05) is 48.0 Å². The van der Waals surface area contributed by atoms with Crippen LogP contribution in [-0.2, 0) is 0 Å². The fraction of sp³-hybridized carbons (Fsp3) is 0.0556. The molecular formula is C18H14INO2.